The Morgan fingerprint density at radius 3 is 2.77 bits per heavy atom. The number of terminal acetylenes is 1. The van der Waals surface area contributed by atoms with Crippen LogP contribution in [-0.4, -0.2) is 59.9 Å². The number of anilines is 2. The number of rotatable bonds is 9. The Kier molecular flexibility index (Phi) is 10.0. The van der Waals surface area contributed by atoms with Crippen LogP contribution < -0.4 is 36.0 Å². The Bertz CT molecular complexity index is 1510. The van der Waals surface area contributed by atoms with Crippen LogP contribution in [0.2, 0.25) is 0 Å². The molecule has 1 aliphatic heterocycles. The first-order chi connectivity index (χ1) is 18.7. The Morgan fingerprint density at radius 1 is 1.33 bits per heavy atom. The molecule has 0 spiro atoms. The van der Waals surface area contributed by atoms with E-state index in [0.29, 0.717) is 28.9 Å². The molecule has 1 unspecified atom stereocenters. The molecule has 1 atom stereocenters. The SMILES string of the molecule is C#CCNC(=O)/C(C#N)=c1\s/c(=C/Nc2cccc(N(C)C(=O)CN3CCCCC3C(N)=O)c2)c(=O)n1CC. The van der Waals surface area contributed by atoms with Crippen LogP contribution in [0.25, 0.3) is 11.8 Å². The highest BCUT2D eigenvalue weighted by atomic mass is 32.1. The fourth-order valence-electron chi connectivity index (χ4n) is 4.29. The lowest BCUT2D eigenvalue weighted by molar-refractivity contribution is -0.127. The van der Waals surface area contributed by atoms with Crippen molar-refractivity contribution in [2.24, 2.45) is 5.73 Å². The lowest BCUT2D eigenvalue weighted by Crippen LogP contribution is -2.51. The highest BCUT2D eigenvalue weighted by Gasteiger charge is 2.29. The Morgan fingerprint density at radius 2 is 2.10 bits per heavy atom. The zero-order valence-electron chi connectivity index (χ0n) is 21.9. The summed E-state index contributed by atoms with van der Waals surface area (Å²) >= 11 is 1.01. The molecule has 3 rings (SSSR count). The number of nitriles is 1. The van der Waals surface area contributed by atoms with Gasteiger partial charge < -0.3 is 21.3 Å². The van der Waals surface area contributed by atoms with Crippen LogP contribution in [0, 0.1) is 23.7 Å². The maximum Gasteiger partial charge on any atom is 0.270 e. The van der Waals surface area contributed by atoms with Gasteiger partial charge in [0.05, 0.1) is 19.1 Å². The summed E-state index contributed by atoms with van der Waals surface area (Å²) in [5.74, 6) is 1.03. The van der Waals surface area contributed by atoms with Gasteiger partial charge in [-0.15, -0.1) is 17.8 Å². The predicted molar refractivity (Wildman–Crippen MR) is 151 cm³/mol. The molecular formula is C27H31N7O4S. The lowest BCUT2D eigenvalue weighted by atomic mass is 10.0. The average Bonchev–Trinajstić information content (AvgIpc) is 3.25. The van der Waals surface area contributed by atoms with E-state index in [4.69, 9.17) is 12.2 Å². The van der Waals surface area contributed by atoms with Crippen LogP contribution in [0.1, 0.15) is 26.2 Å². The maximum atomic E-state index is 13.0. The van der Waals surface area contributed by atoms with Crippen molar-refractivity contribution < 1.29 is 14.4 Å². The smallest absolute Gasteiger partial charge is 0.270 e. The molecule has 0 aliphatic carbocycles. The van der Waals surface area contributed by atoms with Gasteiger partial charge in [0.2, 0.25) is 11.8 Å². The molecule has 12 heteroatoms. The monoisotopic (exact) mass is 549 g/mol. The van der Waals surface area contributed by atoms with E-state index in [-0.39, 0.29) is 41.3 Å². The average molecular weight is 550 g/mol. The number of piperidine rings is 1. The standard InChI is InChI=1S/C27H31N7O4S/c1-4-12-30-25(37)20(15-28)27-34(5-2)26(38)22(39-27)16-31-18-9-8-10-19(14-18)32(3)23(35)17-33-13-7-6-11-21(33)24(29)36/h1,8-10,14,16,21,31H,5-7,11-13,17H2,2-3H3,(H2,29,36)(H,30,37)/b22-16+,27-20-. The zero-order valence-corrected chi connectivity index (χ0v) is 22.7. The van der Waals surface area contributed by atoms with E-state index in [9.17, 15) is 24.4 Å². The number of aromatic nitrogens is 1. The third kappa shape index (κ3) is 6.93. The first kappa shape index (κ1) is 29.2. The van der Waals surface area contributed by atoms with E-state index >= 15 is 0 Å². The number of amides is 3. The summed E-state index contributed by atoms with van der Waals surface area (Å²) in [6.07, 6.45) is 9.14. The van der Waals surface area contributed by atoms with Crippen LogP contribution in [0.3, 0.4) is 0 Å². The van der Waals surface area contributed by atoms with Crippen molar-refractivity contribution in [1.82, 2.24) is 14.8 Å². The van der Waals surface area contributed by atoms with Gasteiger partial charge in [-0.25, -0.2) is 0 Å². The quantitative estimate of drug-likeness (QED) is 0.357. The molecule has 1 aromatic heterocycles. The summed E-state index contributed by atoms with van der Waals surface area (Å²) < 4.78 is 1.88. The number of hydrogen-bond donors (Lipinski definition) is 3. The van der Waals surface area contributed by atoms with Crippen LogP contribution in [0.4, 0.5) is 11.4 Å². The molecular weight excluding hydrogens is 518 g/mol. The predicted octanol–water partition coefficient (Wildman–Crippen LogP) is -0.494. The molecule has 1 saturated heterocycles. The Balaban J connectivity index is 1.84. The molecule has 0 saturated carbocycles. The van der Waals surface area contributed by atoms with Gasteiger partial charge in [-0.1, -0.05) is 18.4 Å². The summed E-state index contributed by atoms with van der Waals surface area (Å²) in [6, 6.07) is 8.51. The fraction of sp³-hybridized carbons (Fsp3) is 0.370. The molecule has 11 nitrogen and oxygen atoms in total. The molecule has 204 valence electrons. The number of nitrogens with two attached hydrogens (primary N) is 1. The minimum absolute atomic E-state index is 0.0384. The molecule has 0 radical (unpaired) electrons. The summed E-state index contributed by atoms with van der Waals surface area (Å²) in [6.45, 7) is 2.69. The van der Waals surface area contributed by atoms with Crippen molar-refractivity contribution in [3.05, 3.63) is 43.8 Å². The zero-order chi connectivity index (χ0) is 28.5. The second kappa shape index (κ2) is 13.4. The number of benzene rings is 1. The fourth-order valence-corrected chi connectivity index (χ4v) is 5.37. The number of nitrogens with zero attached hydrogens (tertiary/aromatic N) is 4. The van der Waals surface area contributed by atoms with Crippen LogP contribution >= 0.6 is 11.3 Å². The van der Waals surface area contributed by atoms with Crippen LogP contribution in [0.15, 0.2) is 29.1 Å². The van der Waals surface area contributed by atoms with Gasteiger partial charge in [0.25, 0.3) is 11.5 Å². The molecule has 1 fully saturated rings. The number of hydrogen-bond acceptors (Lipinski definition) is 8. The van der Waals surface area contributed by atoms with E-state index in [2.05, 4.69) is 16.6 Å². The van der Waals surface area contributed by atoms with Crippen molar-refractivity contribution in [3.63, 3.8) is 0 Å². The number of likely N-dealkylation sites (N-methyl/N-ethyl adjacent to an activating group) is 1. The molecule has 39 heavy (non-hydrogen) atoms. The van der Waals surface area contributed by atoms with Gasteiger partial charge in [-0.2, -0.15) is 5.26 Å². The number of carbonyl (C=O) groups excluding carboxylic acids is 3. The minimum Gasteiger partial charge on any atom is -0.368 e. The van der Waals surface area contributed by atoms with Crippen molar-refractivity contribution in [3.8, 4) is 18.4 Å². The number of likely N-dealkylation sites (tertiary alicyclic amines) is 1. The molecule has 0 bridgehead atoms. The van der Waals surface area contributed by atoms with Gasteiger partial charge in [0.1, 0.15) is 15.3 Å². The third-order valence-corrected chi connectivity index (χ3v) is 7.52. The molecule has 2 heterocycles. The van der Waals surface area contributed by atoms with E-state index in [1.165, 1.54) is 15.7 Å². The minimum atomic E-state index is -0.648. The maximum absolute atomic E-state index is 13.0. The third-order valence-electron chi connectivity index (χ3n) is 6.39. The normalized spacial score (nSPS) is 16.5. The summed E-state index contributed by atoms with van der Waals surface area (Å²) in [5.41, 5.74) is 6.22. The molecule has 3 amide bonds. The molecule has 2 aromatic rings. The van der Waals surface area contributed by atoms with Gasteiger partial charge in [-0.05, 0) is 44.5 Å². The van der Waals surface area contributed by atoms with Gasteiger partial charge in [0.15, 0.2) is 5.57 Å². The Hall–Kier alpha value is -4.39. The second-order valence-electron chi connectivity index (χ2n) is 8.87. The van der Waals surface area contributed by atoms with Crippen molar-refractivity contribution in [2.75, 3.05) is 36.9 Å². The first-order valence-corrected chi connectivity index (χ1v) is 13.3. The van der Waals surface area contributed by atoms with E-state index in [1.807, 2.05) is 11.0 Å². The van der Waals surface area contributed by atoms with Crippen molar-refractivity contribution in [2.45, 2.75) is 38.8 Å². The highest BCUT2D eigenvalue weighted by molar-refractivity contribution is 7.07. The van der Waals surface area contributed by atoms with E-state index < -0.39 is 17.9 Å². The van der Waals surface area contributed by atoms with E-state index in [1.54, 1.807) is 38.2 Å². The summed E-state index contributed by atoms with van der Waals surface area (Å²) in [4.78, 5) is 53.4. The Labute approximate surface area is 230 Å². The topological polar surface area (TPSA) is 154 Å². The molecule has 1 aliphatic rings. The lowest BCUT2D eigenvalue weighted by Gasteiger charge is -2.34. The first-order valence-electron chi connectivity index (χ1n) is 12.4. The second-order valence-corrected chi connectivity index (χ2v) is 9.90. The summed E-state index contributed by atoms with van der Waals surface area (Å²) in [7, 11) is 1.66. The molecule has 4 N–H and O–H groups in total. The van der Waals surface area contributed by atoms with Crippen LogP contribution in [-0.2, 0) is 20.9 Å². The number of primary amides is 1. The van der Waals surface area contributed by atoms with E-state index in [0.717, 1.165) is 24.2 Å². The van der Waals surface area contributed by atoms with Crippen molar-refractivity contribution >= 4 is 52.2 Å². The summed E-state index contributed by atoms with van der Waals surface area (Å²) in [5, 5.41) is 15.1. The van der Waals surface area contributed by atoms with Gasteiger partial charge in [-0.3, -0.25) is 28.6 Å². The number of nitrogens with one attached hydrogen (secondary N) is 2. The molecule has 1 aromatic carbocycles. The van der Waals surface area contributed by atoms with Crippen LogP contribution in [0.5, 0.6) is 0 Å². The number of thiazole rings is 1. The highest BCUT2D eigenvalue weighted by Crippen LogP contribution is 2.21. The number of carbonyl (C=O) groups is 3. The van der Waals surface area contributed by atoms with Crippen molar-refractivity contribution in [1.29, 1.82) is 5.26 Å². The van der Waals surface area contributed by atoms with Gasteiger partial charge in [0, 0.05) is 31.2 Å². The van der Waals surface area contributed by atoms with Gasteiger partial charge >= 0.3 is 0 Å². The largest absolute Gasteiger partial charge is 0.368 e.